The fraction of sp³-hybridized carbons (Fsp3) is 0.333. The van der Waals surface area contributed by atoms with Gasteiger partial charge in [-0.2, -0.15) is 5.10 Å². The summed E-state index contributed by atoms with van der Waals surface area (Å²) in [6.45, 7) is 5.71. The van der Waals surface area contributed by atoms with Crippen LogP contribution in [0.4, 0.5) is 5.69 Å². The fourth-order valence-electron chi connectivity index (χ4n) is 1.96. The van der Waals surface area contributed by atoms with E-state index in [0.29, 0.717) is 11.7 Å². The van der Waals surface area contributed by atoms with Crippen molar-refractivity contribution in [3.63, 3.8) is 0 Å². The molecule has 5 heteroatoms. The van der Waals surface area contributed by atoms with E-state index in [2.05, 4.69) is 35.6 Å². The second kappa shape index (κ2) is 7.05. The lowest BCUT2D eigenvalue weighted by Crippen LogP contribution is -2.28. The average Bonchev–Trinajstić information content (AvgIpc) is 2.94. The van der Waals surface area contributed by atoms with Crippen LogP contribution in [-0.2, 0) is 19.5 Å². The number of para-hydroxylation sites is 1. The Bertz CT molecular complexity index is 577. The molecule has 1 heterocycles. The van der Waals surface area contributed by atoms with E-state index in [-0.39, 0.29) is 0 Å². The maximum absolute atomic E-state index is 5.32. The van der Waals surface area contributed by atoms with Crippen LogP contribution in [0.3, 0.4) is 0 Å². The molecular weight excluding hydrogens is 268 g/mol. The highest BCUT2D eigenvalue weighted by Crippen LogP contribution is 2.15. The van der Waals surface area contributed by atoms with Gasteiger partial charge < -0.3 is 10.6 Å². The first-order chi connectivity index (χ1) is 9.72. The molecule has 0 fully saturated rings. The van der Waals surface area contributed by atoms with Gasteiger partial charge in [0.05, 0.1) is 12.2 Å². The van der Waals surface area contributed by atoms with E-state index in [1.54, 1.807) is 0 Å². The lowest BCUT2D eigenvalue weighted by atomic mass is 10.1. The highest BCUT2D eigenvalue weighted by atomic mass is 32.1. The van der Waals surface area contributed by atoms with Crippen LogP contribution in [0.25, 0.3) is 0 Å². The average molecular weight is 288 g/mol. The third-order valence-electron chi connectivity index (χ3n) is 3.10. The second-order valence-electron chi connectivity index (χ2n) is 4.48. The van der Waals surface area contributed by atoms with Crippen LogP contribution in [0.5, 0.6) is 0 Å². The molecule has 0 bridgehead atoms. The minimum absolute atomic E-state index is 0.622. The summed E-state index contributed by atoms with van der Waals surface area (Å²) in [7, 11) is 0. The second-order valence-corrected chi connectivity index (χ2v) is 4.89. The highest BCUT2D eigenvalue weighted by molar-refractivity contribution is 7.80. The van der Waals surface area contributed by atoms with E-state index >= 15 is 0 Å². The van der Waals surface area contributed by atoms with E-state index in [9.17, 15) is 0 Å². The molecule has 0 saturated carbocycles. The predicted octanol–water partition coefficient (Wildman–Crippen LogP) is 2.95. The number of hydrogen-bond acceptors (Lipinski definition) is 2. The van der Waals surface area contributed by atoms with Gasteiger partial charge in [-0.1, -0.05) is 25.1 Å². The Kier molecular flexibility index (Phi) is 5.12. The van der Waals surface area contributed by atoms with Crippen molar-refractivity contribution in [3.05, 3.63) is 47.8 Å². The van der Waals surface area contributed by atoms with E-state index in [1.165, 1.54) is 5.56 Å². The summed E-state index contributed by atoms with van der Waals surface area (Å²) in [6.07, 6.45) is 2.95. The molecule has 0 aliphatic rings. The number of aromatic nitrogens is 2. The van der Waals surface area contributed by atoms with Gasteiger partial charge in [-0.15, -0.1) is 0 Å². The van der Waals surface area contributed by atoms with Gasteiger partial charge >= 0.3 is 0 Å². The van der Waals surface area contributed by atoms with Crippen molar-refractivity contribution in [3.8, 4) is 0 Å². The van der Waals surface area contributed by atoms with Gasteiger partial charge in [0.2, 0.25) is 0 Å². The molecule has 0 aliphatic heterocycles. The number of aryl methyl sites for hydroxylation is 2. The molecule has 2 aromatic rings. The van der Waals surface area contributed by atoms with Crippen molar-refractivity contribution in [2.75, 3.05) is 5.32 Å². The van der Waals surface area contributed by atoms with Gasteiger partial charge in [-0.3, -0.25) is 4.68 Å². The van der Waals surface area contributed by atoms with E-state index < -0.39 is 0 Å². The Morgan fingerprint density at radius 1 is 1.25 bits per heavy atom. The monoisotopic (exact) mass is 288 g/mol. The quantitative estimate of drug-likeness (QED) is 0.830. The number of nitrogens with one attached hydrogen (secondary N) is 2. The first kappa shape index (κ1) is 14.5. The summed E-state index contributed by atoms with van der Waals surface area (Å²) in [5, 5.41) is 11.4. The molecule has 1 aromatic carbocycles. The molecule has 0 amide bonds. The molecule has 0 unspecified atom stereocenters. The molecule has 106 valence electrons. The molecule has 0 aliphatic carbocycles. The maximum atomic E-state index is 5.32. The molecule has 0 radical (unpaired) electrons. The van der Waals surface area contributed by atoms with Gasteiger partial charge in [-0.25, -0.2) is 0 Å². The van der Waals surface area contributed by atoms with Crippen LogP contribution < -0.4 is 10.6 Å². The fourth-order valence-corrected chi connectivity index (χ4v) is 2.14. The minimum atomic E-state index is 0.622. The largest absolute Gasteiger partial charge is 0.357 e. The first-order valence-electron chi connectivity index (χ1n) is 6.88. The van der Waals surface area contributed by atoms with Crippen molar-refractivity contribution in [1.29, 1.82) is 0 Å². The number of benzene rings is 1. The van der Waals surface area contributed by atoms with Crippen LogP contribution in [0.15, 0.2) is 36.5 Å². The van der Waals surface area contributed by atoms with E-state index in [1.807, 2.05) is 35.1 Å². The summed E-state index contributed by atoms with van der Waals surface area (Å²) in [5.74, 6) is 0. The number of hydrogen-bond donors (Lipinski definition) is 2. The molecule has 2 rings (SSSR count). The normalized spacial score (nSPS) is 10.3. The van der Waals surface area contributed by atoms with E-state index in [4.69, 9.17) is 12.2 Å². The summed E-state index contributed by atoms with van der Waals surface area (Å²) in [4.78, 5) is 0. The summed E-state index contributed by atoms with van der Waals surface area (Å²) >= 11 is 5.32. The standard InChI is InChI=1S/C15H20N4S/c1-3-12-7-5-6-8-14(12)17-15(20)16-11-13-9-10-19(4-2)18-13/h5-10H,3-4,11H2,1-2H3,(H2,16,17,20). The Balaban J connectivity index is 1.89. The number of anilines is 1. The Labute approximate surface area is 125 Å². The Morgan fingerprint density at radius 2 is 2.05 bits per heavy atom. The van der Waals surface area contributed by atoms with Crippen LogP contribution >= 0.6 is 12.2 Å². The summed E-state index contributed by atoms with van der Waals surface area (Å²) in [6, 6.07) is 10.2. The lowest BCUT2D eigenvalue weighted by Gasteiger charge is -2.12. The van der Waals surface area contributed by atoms with Crippen molar-refractivity contribution >= 4 is 23.0 Å². The number of nitrogens with zero attached hydrogens (tertiary/aromatic N) is 2. The topological polar surface area (TPSA) is 41.9 Å². The van der Waals surface area contributed by atoms with Gasteiger partial charge in [0.25, 0.3) is 0 Å². The zero-order chi connectivity index (χ0) is 14.4. The maximum Gasteiger partial charge on any atom is 0.171 e. The summed E-state index contributed by atoms with van der Waals surface area (Å²) < 4.78 is 1.90. The number of thiocarbonyl (C=S) groups is 1. The van der Waals surface area contributed by atoms with Gasteiger partial charge in [-0.05, 0) is 43.3 Å². The van der Waals surface area contributed by atoms with Crippen LogP contribution in [0.2, 0.25) is 0 Å². The zero-order valence-electron chi connectivity index (χ0n) is 11.9. The predicted molar refractivity (Wildman–Crippen MR) is 86.8 cm³/mol. The van der Waals surface area contributed by atoms with Gasteiger partial charge in [0.15, 0.2) is 5.11 Å². The zero-order valence-corrected chi connectivity index (χ0v) is 12.7. The molecule has 2 N–H and O–H groups in total. The molecule has 0 spiro atoms. The highest BCUT2D eigenvalue weighted by Gasteiger charge is 2.03. The SMILES string of the molecule is CCc1ccccc1NC(=S)NCc1ccn(CC)n1. The van der Waals surface area contributed by atoms with E-state index in [0.717, 1.165) is 24.3 Å². The first-order valence-corrected chi connectivity index (χ1v) is 7.28. The van der Waals surface area contributed by atoms with Crippen molar-refractivity contribution < 1.29 is 0 Å². The number of rotatable bonds is 5. The Morgan fingerprint density at radius 3 is 2.75 bits per heavy atom. The minimum Gasteiger partial charge on any atom is -0.357 e. The third kappa shape index (κ3) is 3.81. The molecule has 20 heavy (non-hydrogen) atoms. The molecule has 4 nitrogen and oxygen atoms in total. The van der Waals surface area contributed by atoms with Crippen molar-refractivity contribution in [2.45, 2.75) is 33.4 Å². The van der Waals surface area contributed by atoms with Gasteiger partial charge in [0.1, 0.15) is 0 Å². The Hall–Kier alpha value is -1.88. The smallest absolute Gasteiger partial charge is 0.171 e. The van der Waals surface area contributed by atoms with Crippen LogP contribution in [0.1, 0.15) is 25.1 Å². The summed E-state index contributed by atoms with van der Waals surface area (Å²) in [5.41, 5.74) is 3.30. The molecule has 0 saturated heterocycles. The third-order valence-corrected chi connectivity index (χ3v) is 3.34. The molecule has 0 atom stereocenters. The van der Waals surface area contributed by atoms with Crippen molar-refractivity contribution in [1.82, 2.24) is 15.1 Å². The van der Waals surface area contributed by atoms with Crippen molar-refractivity contribution in [2.24, 2.45) is 0 Å². The van der Waals surface area contributed by atoms with Crippen LogP contribution in [0, 0.1) is 0 Å². The lowest BCUT2D eigenvalue weighted by molar-refractivity contribution is 0.643. The molecular formula is C15H20N4S. The van der Waals surface area contributed by atoms with Gasteiger partial charge in [0, 0.05) is 18.4 Å². The van der Waals surface area contributed by atoms with Crippen LogP contribution in [-0.4, -0.2) is 14.9 Å². The molecule has 1 aromatic heterocycles.